The summed E-state index contributed by atoms with van der Waals surface area (Å²) < 4.78 is 25.2. The number of halogens is 2. The number of amides is 1. The van der Waals surface area contributed by atoms with Crippen LogP contribution >= 0.6 is 12.2 Å². The SMILES string of the molecule is CCCC(CCC)(C(=O)N(CCO)CC(F)F)C(N)=S. The Labute approximate surface area is 124 Å². The molecule has 0 aromatic rings. The number of rotatable bonds is 10. The Kier molecular flexibility index (Phi) is 8.80. The molecule has 0 atom stereocenters. The molecule has 0 spiro atoms. The molecule has 1 amide bonds. The lowest BCUT2D eigenvalue weighted by Crippen LogP contribution is -2.52. The Balaban J connectivity index is 5.38. The minimum Gasteiger partial charge on any atom is -0.395 e. The van der Waals surface area contributed by atoms with Crippen molar-refractivity contribution in [2.24, 2.45) is 11.1 Å². The first-order chi connectivity index (χ1) is 9.35. The number of alkyl halides is 2. The predicted molar refractivity (Wildman–Crippen MR) is 78.7 cm³/mol. The summed E-state index contributed by atoms with van der Waals surface area (Å²) in [5.74, 6) is -0.497. The highest BCUT2D eigenvalue weighted by molar-refractivity contribution is 7.80. The summed E-state index contributed by atoms with van der Waals surface area (Å²) in [4.78, 5) is 13.6. The van der Waals surface area contributed by atoms with Gasteiger partial charge in [0.05, 0.1) is 23.6 Å². The minimum absolute atomic E-state index is 0.0448. The molecule has 3 N–H and O–H groups in total. The van der Waals surface area contributed by atoms with Gasteiger partial charge < -0.3 is 15.7 Å². The van der Waals surface area contributed by atoms with Crippen LogP contribution in [0.15, 0.2) is 0 Å². The third kappa shape index (κ3) is 4.94. The second kappa shape index (κ2) is 9.18. The highest BCUT2D eigenvalue weighted by Crippen LogP contribution is 2.33. The zero-order valence-electron chi connectivity index (χ0n) is 12.1. The van der Waals surface area contributed by atoms with Crippen LogP contribution in [0.3, 0.4) is 0 Å². The zero-order chi connectivity index (χ0) is 15.8. The van der Waals surface area contributed by atoms with Gasteiger partial charge in [0.1, 0.15) is 0 Å². The van der Waals surface area contributed by atoms with E-state index in [1.54, 1.807) is 0 Å². The molecule has 20 heavy (non-hydrogen) atoms. The Morgan fingerprint density at radius 3 is 2.15 bits per heavy atom. The summed E-state index contributed by atoms with van der Waals surface area (Å²) in [7, 11) is 0. The molecule has 0 saturated carbocycles. The van der Waals surface area contributed by atoms with E-state index in [1.165, 1.54) is 0 Å². The molecule has 0 rings (SSSR count). The van der Waals surface area contributed by atoms with E-state index in [2.05, 4.69) is 0 Å². The van der Waals surface area contributed by atoms with Crippen molar-refractivity contribution in [2.45, 2.75) is 46.0 Å². The Morgan fingerprint density at radius 2 is 1.85 bits per heavy atom. The van der Waals surface area contributed by atoms with Gasteiger partial charge in [0.15, 0.2) is 0 Å². The lowest BCUT2D eigenvalue weighted by Gasteiger charge is -2.36. The van der Waals surface area contributed by atoms with E-state index in [9.17, 15) is 13.6 Å². The molecule has 0 heterocycles. The van der Waals surface area contributed by atoms with Gasteiger partial charge in [0, 0.05) is 6.54 Å². The molecule has 4 nitrogen and oxygen atoms in total. The largest absolute Gasteiger partial charge is 0.395 e. The minimum atomic E-state index is -2.65. The van der Waals surface area contributed by atoms with E-state index < -0.39 is 24.3 Å². The molecule has 0 aliphatic rings. The van der Waals surface area contributed by atoms with E-state index in [4.69, 9.17) is 23.1 Å². The van der Waals surface area contributed by atoms with Gasteiger partial charge in [-0.15, -0.1) is 0 Å². The summed E-state index contributed by atoms with van der Waals surface area (Å²) in [6, 6.07) is 0. The van der Waals surface area contributed by atoms with Crippen molar-refractivity contribution in [3.8, 4) is 0 Å². The number of nitrogens with zero attached hydrogens (tertiary/aromatic N) is 1. The van der Waals surface area contributed by atoms with Gasteiger partial charge >= 0.3 is 0 Å². The number of hydrogen-bond donors (Lipinski definition) is 2. The summed E-state index contributed by atoms with van der Waals surface area (Å²) in [5, 5.41) is 8.96. The number of nitrogens with two attached hydrogens (primary N) is 1. The van der Waals surface area contributed by atoms with E-state index >= 15 is 0 Å². The van der Waals surface area contributed by atoms with Crippen molar-refractivity contribution >= 4 is 23.1 Å². The van der Waals surface area contributed by atoms with Crippen LogP contribution in [0.4, 0.5) is 8.78 Å². The quantitative estimate of drug-likeness (QED) is 0.605. The predicted octanol–water partition coefficient (Wildman–Crippen LogP) is 1.95. The molecule has 0 radical (unpaired) electrons. The molecule has 0 aliphatic heterocycles. The molecule has 7 heteroatoms. The second-order valence-corrected chi connectivity index (χ2v) is 5.25. The van der Waals surface area contributed by atoms with Crippen molar-refractivity contribution in [1.82, 2.24) is 4.90 Å². The molecule has 0 fully saturated rings. The van der Waals surface area contributed by atoms with E-state index in [-0.39, 0.29) is 18.1 Å². The number of carbonyl (C=O) groups is 1. The van der Waals surface area contributed by atoms with Crippen molar-refractivity contribution in [1.29, 1.82) is 0 Å². The lowest BCUT2D eigenvalue weighted by atomic mass is 9.77. The molecule has 0 unspecified atom stereocenters. The molecular weight excluding hydrogens is 286 g/mol. The van der Waals surface area contributed by atoms with Gasteiger partial charge in [-0.25, -0.2) is 8.78 Å². The average molecular weight is 310 g/mol. The van der Waals surface area contributed by atoms with Gasteiger partial charge in [-0.05, 0) is 12.8 Å². The summed E-state index contributed by atoms with van der Waals surface area (Å²) >= 11 is 5.03. The first-order valence-electron chi connectivity index (χ1n) is 6.84. The third-order valence-electron chi connectivity index (χ3n) is 3.25. The maximum Gasteiger partial charge on any atom is 0.255 e. The number of aliphatic hydroxyl groups excluding tert-OH is 1. The van der Waals surface area contributed by atoms with E-state index in [0.717, 1.165) is 4.90 Å². The highest BCUT2D eigenvalue weighted by Gasteiger charge is 2.42. The average Bonchev–Trinajstić information content (AvgIpc) is 2.36. The smallest absolute Gasteiger partial charge is 0.255 e. The maximum atomic E-state index is 12.6. The molecular formula is C13H24F2N2O2S. The van der Waals surface area contributed by atoms with Gasteiger partial charge in [-0.1, -0.05) is 38.9 Å². The monoisotopic (exact) mass is 310 g/mol. The van der Waals surface area contributed by atoms with Crippen LogP contribution in [0.2, 0.25) is 0 Å². The summed E-state index contributed by atoms with van der Waals surface area (Å²) in [6.45, 7) is 2.56. The number of hydrogen-bond acceptors (Lipinski definition) is 3. The lowest BCUT2D eigenvalue weighted by molar-refractivity contribution is -0.141. The zero-order valence-corrected chi connectivity index (χ0v) is 12.9. The van der Waals surface area contributed by atoms with Crippen LogP contribution in [0.1, 0.15) is 39.5 Å². The van der Waals surface area contributed by atoms with Crippen LogP contribution < -0.4 is 5.73 Å². The molecule has 0 aliphatic carbocycles. The standard InChI is InChI=1S/C13H24F2N2O2S/c1-3-5-13(6-4-2,11(16)20)12(19)17(7-8-18)9-10(14)15/h10,18H,3-9H2,1-2H3,(H2,16,20). The molecule has 0 bridgehead atoms. The normalized spacial score (nSPS) is 11.7. The fraction of sp³-hybridized carbons (Fsp3) is 0.846. The second-order valence-electron chi connectivity index (χ2n) is 4.81. The van der Waals surface area contributed by atoms with Crippen LogP contribution in [0, 0.1) is 5.41 Å². The topological polar surface area (TPSA) is 66.6 Å². The van der Waals surface area contributed by atoms with Crippen molar-refractivity contribution in [2.75, 3.05) is 19.7 Å². The molecule has 0 aromatic carbocycles. The summed E-state index contributed by atoms with van der Waals surface area (Å²) in [6.07, 6.45) is -0.451. The van der Waals surface area contributed by atoms with Crippen LogP contribution in [0.25, 0.3) is 0 Å². The van der Waals surface area contributed by atoms with Gasteiger partial charge in [0.25, 0.3) is 6.43 Å². The van der Waals surface area contributed by atoms with Crippen molar-refractivity contribution in [3.05, 3.63) is 0 Å². The third-order valence-corrected chi connectivity index (χ3v) is 3.64. The highest BCUT2D eigenvalue weighted by atomic mass is 32.1. The van der Waals surface area contributed by atoms with Gasteiger partial charge in [-0.2, -0.15) is 0 Å². The van der Waals surface area contributed by atoms with Crippen LogP contribution in [-0.4, -0.2) is 47.0 Å². The molecule has 0 aromatic heterocycles. The van der Waals surface area contributed by atoms with Gasteiger partial charge in [-0.3, -0.25) is 4.79 Å². The van der Waals surface area contributed by atoms with Gasteiger partial charge in [0.2, 0.25) is 5.91 Å². The fourth-order valence-corrected chi connectivity index (χ4v) is 2.70. The number of carbonyl (C=O) groups excluding carboxylic acids is 1. The first kappa shape index (κ1) is 19.2. The fourth-order valence-electron chi connectivity index (χ4n) is 2.41. The Morgan fingerprint density at radius 1 is 1.35 bits per heavy atom. The van der Waals surface area contributed by atoms with Crippen LogP contribution in [-0.2, 0) is 4.79 Å². The number of thiocarbonyl (C=S) groups is 1. The first-order valence-corrected chi connectivity index (χ1v) is 7.24. The number of aliphatic hydroxyl groups is 1. The summed E-state index contributed by atoms with van der Waals surface area (Å²) in [5.41, 5.74) is 4.66. The van der Waals surface area contributed by atoms with E-state index in [0.29, 0.717) is 25.7 Å². The molecule has 118 valence electrons. The van der Waals surface area contributed by atoms with Crippen molar-refractivity contribution in [3.63, 3.8) is 0 Å². The Hall–Kier alpha value is -0.820. The van der Waals surface area contributed by atoms with E-state index in [1.807, 2.05) is 13.8 Å². The molecule has 0 saturated heterocycles. The maximum absolute atomic E-state index is 12.6. The van der Waals surface area contributed by atoms with Crippen molar-refractivity contribution < 1.29 is 18.7 Å². The Bertz CT molecular complexity index is 321. The van der Waals surface area contributed by atoms with Crippen LogP contribution in [0.5, 0.6) is 0 Å².